The van der Waals surface area contributed by atoms with Gasteiger partial charge in [0.1, 0.15) is 6.04 Å². The van der Waals surface area contributed by atoms with E-state index in [9.17, 15) is 14.4 Å². The number of methoxy groups -OCH3 is 1. The van der Waals surface area contributed by atoms with E-state index in [0.29, 0.717) is 25.3 Å². The Balaban J connectivity index is 3.95. The molecule has 3 N–H and O–H groups in total. The number of carbonyl (C=O) groups is 3. The maximum absolute atomic E-state index is 11.6. The van der Waals surface area contributed by atoms with Gasteiger partial charge in [-0.3, -0.25) is 9.59 Å². The van der Waals surface area contributed by atoms with Crippen molar-refractivity contribution in [2.75, 3.05) is 32.3 Å². The Kier molecular flexibility index (Phi) is 10.8. The molecule has 0 aromatic heterocycles. The summed E-state index contributed by atoms with van der Waals surface area (Å²) in [5, 5.41) is 14.0. The minimum atomic E-state index is -1.06. The molecule has 1 unspecified atom stereocenters. The minimum absolute atomic E-state index is 0.0259. The first-order valence-electron chi connectivity index (χ1n) is 6.28. The van der Waals surface area contributed by atoms with Crippen LogP contribution in [0.4, 0.5) is 0 Å². The topological polar surface area (TPSA) is 105 Å². The van der Waals surface area contributed by atoms with E-state index in [1.165, 1.54) is 18.9 Å². The van der Waals surface area contributed by atoms with Crippen molar-refractivity contribution in [3.63, 3.8) is 0 Å². The third-order valence-electron chi connectivity index (χ3n) is 2.45. The highest BCUT2D eigenvalue weighted by atomic mass is 32.2. The van der Waals surface area contributed by atoms with Crippen molar-refractivity contribution >= 4 is 29.5 Å². The number of rotatable bonds is 11. The number of amides is 2. The third-order valence-corrected chi connectivity index (χ3v) is 3.10. The quantitative estimate of drug-likeness (QED) is 0.459. The molecule has 0 radical (unpaired) electrons. The van der Waals surface area contributed by atoms with E-state index in [2.05, 4.69) is 10.6 Å². The highest BCUT2D eigenvalue weighted by Crippen LogP contribution is 2.02. The molecule has 8 heteroatoms. The van der Waals surface area contributed by atoms with E-state index in [-0.39, 0.29) is 18.7 Å². The smallest absolute Gasteiger partial charge is 0.326 e. The molecule has 2 amide bonds. The molecule has 0 heterocycles. The fourth-order valence-electron chi connectivity index (χ4n) is 1.37. The molecule has 0 aromatic rings. The Hall–Kier alpha value is -1.28. The van der Waals surface area contributed by atoms with Gasteiger partial charge in [-0.05, 0) is 18.4 Å². The van der Waals surface area contributed by atoms with Crippen molar-refractivity contribution < 1.29 is 24.2 Å². The average molecular weight is 306 g/mol. The number of nitrogens with one attached hydrogen (secondary N) is 2. The lowest BCUT2D eigenvalue weighted by Crippen LogP contribution is -2.41. The number of ether oxygens (including phenoxy) is 1. The number of carboxylic acids is 1. The molecule has 0 aliphatic carbocycles. The molecular weight excluding hydrogens is 284 g/mol. The second kappa shape index (κ2) is 11.5. The van der Waals surface area contributed by atoms with Gasteiger partial charge in [-0.25, -0.2) is 4.79 Å². The van der Waals surface area contributed by atoms with Crippen LogP contribution < -0.4 is 10.6 Å². The zero-order chi connectivity index (χ0) is 15.4. The molecule has 0 bridgehead atoms. The molecule has 1 atom stereocenters. The third kappa shape index (κ3) is 9.62. The number of hydrogen-bond donors (Lipinski definition) is 3. The fraction of sp³-hybridized carbons (Fsp3) is 0.750. The normalized spacial score (nSPS) is 11.7. The summed E-state index contributed by atoms with van der Waals surface area (Å²) in [5.41, 5.74) is 0. The van der Waals surface area contributed by atoms with Crippen LogP contribution in [-0.4, -0.2) is 61.2 Å². The Bertz CT molecular complexity index is 325. The molecule has 116 valence electrons. The average Bonchev–Trinajstić information content (AvgIpc) is 2.41. The van der Waals surface area contributed by atoms with Gasteiger partial charge in [0.15, 0.2) is 0 Å². The molecule has 0 aliphatic rings. The first-order chi connectivity index (χ1) is 9.51. The van der Waals surface area contributed by atoms with E-state index < -0.39 is 17.9 Å². The van der Waals surface area contributed by atoms with Gasteiger partial charge in [0.2, 0.25) is 11.8 Å². The first-order valence-corrected chi connectivity index (χ1v) is 7.67. The van der Waals surface area contributed by atoms with Crippen LogP contribution >= 0.6 is 11.8 Å². The second-order valence-corrected chi connectivity index (χ2v) is 5.07. The minimum Gasteiger partial charge on any atom is -0.480 e. The summed E-state index contributed by atoms with van der Waals surface area (Å²) in [5.74, 6) is -1.10. The lowest BCUT2D eigenvalue weighted by molar-refractivity contribution is -0.141. The van der Waals surface area contributed by atoms with Crippen LogP contribution in [0, 0.1) is 0 Å². The first kappa shape index (κ1) is 18.7. The second-order valence-electron chi connectivity index (χ2n) is 4.08. The summed E-state index contributed by atoms with van der Waals surface area (Å²) in [6.45, 7) is 0.802. The van der Waals surface area contributed by atoms with Crippen molar-refractivity contribution in [1.29, 1.82) is 0 Å². The van der Waals surface area contributed by atoms with Crippen LogP contribution in [0.2, 0.25) is 0 Å². The molecule has 0 saturated carbocycles. The largest absolute Gasteiger partial charge is 0.480 e. The number of hydrogen-bond acceptors (Lipinski definition) is 5. The van der Waals surface area contributed by atoms with E-state index in [1.807, 2.05) is 6.26 Å². The van der Waals surface area contributed by atoms with Crippen LogP contribution in [0.25, 0.3) is 0 Å². The molecule has 0 aliphatic heterocycles. The summed E-state index contributed by atoms with van der Waals surface area (Å²) in [7, 11) is 1.53. The number of aliphatic carboxylic acids is 1. The standard InChI is InChI=1S/C12H22N2O5S/c1-19-7-6-13-10(15)3-4-11(16)14-9(12(17)18)5-8-20-2/h9H,3-8H2,1-2H3,(H,13,15)(H,14,16)(H,17,18). The van der Waals surface area contributed by atoms with Crippen molar-refractivity contribution in [3.05, 3.63) is 0 Å². The lowest BCUT2D eigenvalue weighted by Gasteiger charge is -2.13. The maximum Gasteiger partial charge on any atom is 0.326 e. The Morgan fingerprint density at radius 2 is 1.90 bits per heavy atom. The summed E-state index contributed by atoms with van der Waals surface area (Å²) < 4.78 is 4.77. The van der Waals surface area contributed by atoms with Crippen LogP contribution in [0.5, 0.6) is 0 Å². The molecule has 0 saturated heterocycles. The molecule has 0 rings (SSSR count). The predicted octanol–water partition coefficient (Wildman–Crippen LogP) is -0.148. The van der Waals surface area contributed by atoms with Gasteiger partial charge in [-0.1, -0.05) is 0 Å². The van der Waals surface area contributed by atoms with Gasteiger partial charge in [0.25, 0.3) is 0 Å². The van der Waals surface area contributed by atoms with E-state index >= 15 is 0 Å². The molecular formula is C12H22N2O5S. The van der Waals surface area contributed by atoms with Crippen LogP contribution in [-0.2, 0) is 19.1 Å². The summed E-state index contributed by atoms with van der Waals surface area (Å²) in [4.78, 5) is 33.9. The van der Waals surface area contributed by atoms with Gasteiger partial charge in [0, 0.05) is 26.5 Å². The number of carboxylic acid groups (broad SMARTS) is 1. The monoisotopic (exact) mass is 306 g/mol. The fourth-order valence-corrected chi connectivity index (χ4v) is 1.84. The van der Waals surface area contributed by atoms with Crippen molar-refractivity contribution in [3.8, 4) is 0 Å². The SMILES string of the molecule is COCCNC(=O)CCC(=O)NC(CCSC)C(=O)O. The van der Waals surface area contributed by atoms with Gasteiger partial charge in [0.05, 0.1) is 6.61 Å². The molecule has 20 heavy (non-hydrogen) atoms. The van der Waals surface area contributed by atoms with Crippen LogP contribution in [0.15, 0.2) is 0 Å². The zero-order valence-corrected chi connectivity index (χ0v) is 12.6. The van der Waals surface area contributed by atoms with Crippen molar-refractivity contribution in [1.82, 2.24) is 10.6 Å². The van der Waals surface area contributed by atoms with E-state index in [4.69, 9.17) is 9.84 Å². The molecule has 0 spiro atoms. The lowest BCUT2D eigenvalue weighted by atomic mass is 10.2. The van der Waals surface area contributed by atoms with E-state index in [1.54, 1.807) is 0 Å². The molecule has 0 aromatic carbocycles. The summed E-state index contributed by atoms with van der Waals surface area (Å²) in [6, 6.07) is -0.897. The van der Waals surface area contributed by atoms with Gasteiger partial charge < -0.3 is 20.5 Å². The maximum atomic E-state index is 11.6. The van der Waals surface area contributed by atoms with E-state index in [0.717, 1.165) is 0 Å². The Morgan fingerprint density at radius 3 is 2.45 bits per heavy atom. The Labute approximate surface area is 122 Å². The van der Waals surface area contributed by atoms with Crippen LogP contribution in [0.3, 0.4) is 0 Å². The summed E-state index contributed by atoms with van der Waals surface area (Å²) in [6.07, 6.45) is 2.24. The van der Waals surface area contributed by atoms with Gasteiger partial charge in [-0.2, -0.15) is 11.8 Å². The van der Waals surface area contributed by atoms with Crippen molar-refractivity contribution in [2.45, 2.75) is 25.3 Å². The molecule has 7 nitrogen and oxygen atoms in total. The van der Waals surface area contributed by atoms with Gasteiger partial charge in [-0.15, -0.1) is 0 Å². The van der Waals surface area contributed by atoms with Gasteiger partial charge >= 0.3 is 5.97 Å². The highest BCUT2D eigenvalue weighted by Gasteiger charge is 2.19. The Morgan fingerprint density at radius 1 is 1.25 bits per heavy atom. The van der Waals surface area contributed by atoms with Crippen LogP contribution in [0.1, 0.15) is 19.3 Å². The number of thioether (sulfide) groups is 1. The molecule has 0 fully saturated rings. The zero-order valence-electron chi connectivity index (χ0n) is 11.8. The van der Waals surface area contributed by atoms with Crippen molar-refractivity contribution in [2.24, 2.45) is 0 Å². The number of carbonyl (C=O) groups excluding carboxylic acids is 2. The summed E-state index contributed by atoms with van der Waals surface area (Å²) >= 11 is 1.51. The predicted molar refractivity (Wildman–Crippen MR) is 76.7 cm³/mol. The highest BCUT2D eigenvalue weighted by molar-refractivity contribution is 7.98.